The third-order valence-corrected chi connectivity index (χ3v) is 4.54. The van der Waals surface area contributed by atoms with Crippen LogP contribution in [0.4, 0.5) is 5.69 Å². The Bertz CT molecular complexity index is 589. The standard InChI is InChI=1S/C14H23N3O3S/c1-5-16-21(19,20)11-8-6-10(7-9-11)17-13(18)12(15)14(2,3)4/h6-9,12,16H,5,15H2,1-4H3,(H,17,18)/t12-/m0/s1. The van der Waals surface area contributed by atoms with Gasteiger partial charge < -0.3 is 11.1 Å². The largest absolute Gasteiger partial charge is 0.325 e. The van der Waals surface area contributed by atoms with Crippen LogP contribution < -0.4 is 15.8 Å². The number of carbonyl (C=O) groups excluding carboxylic acids is 1. The molecule has 0 fully saturated rings. The summed E-state index contributed by atoms with van der Waals surface area (Å²) in [6.45, 7) is 7.66. The molecule has 0 aliphatic heterocycles. The molecule has 0 aromatic heterocycles. The van der Waals surface area contributed by atoms with E-state index in [-0.39, 0.29) is 16.2 Å². The first-order valence-corrected chi connectivity index (χ1v) is 8.22. The number of hydrogen-bond acceptors (Lipinski definition) is 4. The summed E-state index contributed by atoms with van der Waals surface area (Å²) in [6, 6.07) is 5.31. The monoisotopic (exact) mass is 313 g/mol. The highest BCUT2D eigenvalue weighted by atomic mass is 32.2. The van der Waals surface area contributed by atoms with Gasteiger partial charge >= 0.3 is 0 Å². The van der Waals surface area contributed by atoms with Crippen molar-refractivity contribution >= 4 is 21.6 Å². The highest BCUT2D eigenvalue weighted by Crippen LogP contribution is 2.19. The molecule has 0 heterocycles. The number of benzene rings is 1. The lowest BCUT2D eigenvalue weighted by Crippen LogP contribution is -2.45. The summed E-state index contributed by atoms with van der Waals surface area (Å²) in [7, 11) is -3.48. The molecular formula is C14H23N3O3S. The minimum atomic E-state index is -3.48. The van der Waals surface area contributed by atoms with E-state index in [0.29, 0.717) is 12.2 Å². The minimum Gasteiger partial charge on any atom is -0.325 e. The van der Waals surface area contributed by atoms with E-state index in [1.165, 1.54) is 24.3 Å². The van der Waals surface area contributed by atoms with Gasteiger partial charge in [0.1, 0.15) is 0 Å². The third-order valence-electron chi connectivity index (χ3n) is 2.98. The minimum absolute atomic E-state index is 0.155. The molecule has 1 aromatic rings. The summed E-state index contributed by atoms with van der Waals surface area (Å²) in [5.41, 5.74) is 6.02. The van der Waals surface area contributed by atoms with Gasteiger partial charge in [-0.15, -0.1) is 0 Å². The Labute approximate surface area is 126 Å². The third kappa shape index (κ3) is 4.80. The molecule has 0 aliphatic carbocycles. The van der Waals surface area contributed by atoms with Gasteiger partial charge in [-0.2, -0.15) is 0 Å². The van der Waals surface area contributed by atoms with E-state index in [4.69, 9.17) is 5.73 Å². The van der Waals surface area contributed by atoms with Crippen molar-refractivity contribution in [3.05, 3.63) is 24.3 Å². The number of rotatable bonds is 5. The van der Waals surface area contributed by atoms with E-state index in [9.17, 15) is 13.2 Å². The lowest BCUT2D eigenvalue weighted by Gasteiger charge is -2.25. The van der Waals surface area contributed by atoms with Gasteiger partial charge in [-0.1, -0.05) is 27.7 Å². The maximum atomic E-state index is 12.0. The summed E-state index contributed by atoms with van der Waals surface area (Å²) in [5, 5.41) is 2.68. The van der Waals surface area contributed by atoms with Crippen LogP contribution in [0.1, 0.15) is 27.7 Å². The van der Waals surface area contributed by atoms with Crippen molar-refractivity contribution in [2.45, 2.75) is 38.6 Å². The van der Waals surface area contributed by atoms with Crippen molar-refractivity contribution in [3.8, 4) is 0 Å². The normalized spacial score (nSPS) is 13.8. The van der Waals surface area contributed by atoms with Crippen LogP contribution in [0.3, 0.4) is 0 Å². The van der Waals surface area contributed by atoms with E-state index in [0.717, 1.165) is 0 Å². The van der Waals surface area contributed by atoms with Crippen LogP contribution in [0.5, 0.6) is 0 Å². The molecule has 6 nitrogen and oxygen atoms in total. The van der Waals surface area contributed by atoms with Gasteiger partial charge in [-0.05, 0) is 29.7 Å². The number of amides is 1. The molecule has 7 heteroatoms. The van der Waals surface area contributed by atoms with E-state index in [1.807, 2.05) is 20.8 Å². The molecule has 118 valence electrons. The molecule has 4 N–H and O–H groups in total. The molecule has 0 radical (unpaired) electrons. The average molecular weight is 313 g/mol. The van der Waals surface area contributed by atoms with E-state index in [2.05, 4.69) is 10.0 Å². The van der Waals surface area contributed by atoms with Crippen molar-refractivity contribution in [2.75, 3.05) is 11.9 Å². The van der Waals surface area contributed by atoms with Gasteiger partial charge in [0.25, 0.3) is 0 Å². The van der Waals surface area contributed by atoms with Crippen LogP contribution in [0, 0.1) is 5.41 Å². The summed E-state index contributed by atoms with van der Waals surface area (Å²) in [5.74, 6) is -0.301. The van der Waals surface area contributed by atoms with E-state index in [1.54, 1.807) is 6.92 Å². The Kier molecular flexibility index (Phi) is 5.49. The number of hydrogen-bond donors (Lipinski definition) is 3. The molecule has 0 bridgehead atoms. The van der Waals surface area contributed by atoms with Crippen LogP contribution in [0.25, 0.3) is 0 Å². The van der Waals surface area contributed by atoms with E-state index >= 15 is 0 Å². The van der Waals surface area contributed by atoms with Gasteiger partial charge in [0.2, 0.25) is 15.9 Å². The van der Waals surface area contributed by atoms with Gasteiger partial charge in [0, 0.05) is 12.2 Å². The molecule has 1 amide bonds. The van der Waals surface area contributed by atoms with Crippen molar-refractivity contribution in [1.29, 1.82) is 0 Å². The Morgan fingerprint density at radius 2 is 1.76 bits per heavy atom. The molecule has 0 saturated heterocycles. The fraction of sp³-hybridized carbons (Fsp3) is 0.500. The first kappa shape index (κ1) is 17.6. The number of carbonyl (C=O) groups is 1. The second kappa shape index (κ2) is 6.55. The zero-order valence-electron chi connectivity index (χ0n) is 12.8. The predicted molar refractivity (Wildman–Crippen MR) is 83.4 cm³/mol. The molecule has 0 unspecified atom stereocenters. The fourth-order valence-electron chi connectivity index (χ4n) is 1.60. The van der Waals surface area contributed by atoms with Crippen LogP contribution in [0.2, 0.25) is 0 Å². The zero-order valence-corrected chi connectivity index (χ0v) is 13.6. The van der Waals surface area contributed by atoms with Gasteiger partial charge in [0.15, 0.2) is 0 Å². The molecule has 21 heavy (non-hydrogen) atoms. The highest BCUT2D eigenvalue weighted by Gasteiger charge is 2.27. The maximum absolute atomic E-state index is 12.0. The first-order valence-electron chi connectivity index (χ1n) is 6.74. The number of nitrogens with one attached hydrogen (secondary N) is 2. The molecule has 1 atom stereocenters. The van der Waals surface area contributed by atoms with Crippen molar-refractivity contribution in [3.63, 3.8) is 0 Å². The Balaban J connectivity index is 2.83. The summed E-state index contributed by atoms with van der Waals surface area (Å²) in [4.78, 5) is 12.1. The summed E-state index contributed by atoms with van der Waals surface area (Å²) in [6.07, 6.45) is 0. The van der Waals surface area contributed by atoms with Gasteiger partial charge in [-0.25, -0.2) is 13.1 Å². The lowest BCUT2D eigenvalue weighted by atomic mass is 9.87. The van der Waals surface area contributed by atoms with Crippen molar-refractivity contribution in [1.82, 2.24) is 4.72 Å². The second-order valence-electron chi connectivity index (χ2n) is 5.86. The van der Waals surface area contributed by atoms with Crippen LogP contribution >= 0.6 is 0 Å². The number of sulfonamides is 1. The molecule has 1 rings (SSSR count). The molecule has 0 aliphatic rings. The summed E-state index contributed by atoms with van der Waals surface area (Å²) >= 11 is 0. The van der Waals surface area contributed by atoms with Crippen molar-refractivity contribution in [2.24, 2.45) is 11.1 Å². The Morgan fingerprint density at radius 3 is 2.19 bits per heavy atom. The van der Waals surface area contributed by atoms with Crippen LogP contribution in [0.15, 0.2) is 29.2 Å². The Morgan fingerprint density at radius 1 is 1.24 bits per heavy atom. The number of anilines is 1. The number of nitrogens with two attached hydrogens (primary N) is 1. The smallest absolute Gasteiger partial charge is 0.241 e. The average Bonchev–Trinajstić information content (AvgIpc) is 2.37. The van der Waals surface area contributed by atoms with Crippen molar-refractivity contribution < 1.29 is 13.2 Å². The molecule has 0 saturated carbocycles. The highest BCUT2D eigenvalue weighted by molar-refractivity contribution is 7.89. The maximum Gasteiger partial charge on any atom is 0.241 e. The second-order valence-corrected chi connectivity index (χ2v) is 7.63. The molecule has 0 spiro atoms. The van der Waals surface area contributed by atoms with E-state index < -0.39 is 16.1 Å². The van der Waals surface area contributed by atoms with Gasteiger partial charge in [0.05, 0.1) is 10.9 Å². The quantitative estimate of drug-likeness (QED) is 0.762. The van der Waals surface area contributed by atoms with Crippen LogP contribution in [-0.4, -0.2) is 26.9 Å². The summed E-state index contributed by atoms with van der Waals surface area (Å²) < 4.78 is 26.0. The first-order chi connectivity index (χ1) is 9.58. The molecular weight excluding hydrogens is 290 g/mol. The Hall–Kier alpha value is -1.44. The van der Waals surface area contributed by atoms with Gasteiger partial charge in [-0.3, -0.25) is 4.79 Å². The predicted octanol–water partition coefficient (Wildman–Crippen LogP) is 1.30. The zero-order chi connectivity index (χ0) is 16.3. The fourth-order valence-corrected chi connectivity index (χ4v) is 2.65. The SMILES string of the molecule is CCNS(=O)(=O)c1ccc(NC(=O)[C@H](N)C(C)(C)C)cc1. The van der Waals surface area contributed by atoms with Crippen LogP contribution in [-0.2, 0) is 14.8 Å². The molecule has 1 aromatic carbocycles. The lowest BCUT2D eigenvalue weighted by molar-refractivity contribution is -0.119. The topological polar surface area (TPSA) is 101 Å².